The molecule has 0 saturated heterocycles. The van der Waals surface area contributed by atoms with Crippen LogP contribution in [0.2, 0.25) is 0 Å². The summed E-state index contributed by atoms with van der Waals surface area (Å²) < 4.78 is 0. The van der Waals surface area contributed by atoms with E-state index in [0.29, 0.717) is 0 Å². The van der Waals surface area contributed by atoms with Gasteiger partial charge in [0.2, 0.25) is 0 Å². The van der Waals surface area contributed by atoms with Gasteiger partial charge < -0.3 is 15.9 Å². The summed E-state index contributed by atoms with van der Waals surface area (Å²) >= 11 is 0. The fourth-order valence-electron chi connectivity index (χ4n) is 0.221. The zero-order chi connectivity index (χ0) is 11.0. The van der Waals surface area contributed by atoms with E-state index in [9.17, 15) is 9.59 Å². The van der Waals surface area contributed by atoms with Gasteiger partial charge in [0, 0.05) is 0 Å². The second-order valence-electron chi connectivity index (χ2n) is 2.58. The van der Waals surface area contributed by atoms with Crippen LogP contribution >= 0.6 is 0 Å². The molecule has 0 amide bonds. The number of carboxylic acid groups (broad SMARTS) is 2. The van der Waals surface area contributed by atoms with Gasteiger partial charge in [-0.1, -0.05) is 0 Å². The number of rotatable bonds is 3. The number of carboxylic acids is 2. The number of nitrogens with zero attached hydrogens (tertiary/aromatic N) is 1. The first-order valence-corrected chi connectivity index (χ1v) is 3.64. The van der Waals surface area contributed by atoms with E-state index in [2.05, 4.69) is 5.73 Å². The average molecular weight is 192 g/mol. The molecule has 0 radical (unpaired) electrons. The van der Waals surface area contributed by atoms with Gasteiger partial charge in [-0.15, -0.1) is 0 Å². The zero-order valence-electron chi connectivity index (χ0n) is 8.02. The van der Waals surface area contributed by atoms with Crippen LogP contribution in [-0.4, -0.2) is 53.7 Å². The fourth-order valence-corrected chi connectivity index (χ4v) is 0.221. The SMILES string of the molecule is C[C@@H](C(=O)O)N(C)C.NCC(=O)O. The Bertz CT molecular complexity index is 170. The van der Waals surface area contributed by atoms with Gasteiger partial charge >= 0.3 is 11.9 Å². The highest BCUT2D eigenvalue weighted by molar-refractivity contribution is 5.72. The van der Waals surface area contributed by atoms with Crippen LogP contribution in [0.4, 0.5) is 0 Å². The molecule has 78 valence electrons. The topological polar surface area (TPSA) is 104 Å². The average Bonchev–Trinajstić information content (AvgIpc) is 2.03. The van der Waals surface area contributed by atoms with Crippen molar-refractivity contribution < 1.29 is 19.8 Å². The van der Waals surface area contributed by atoms with Crippen molar-refractivity contribution in [1.82, 2.24) is 4.90 Å². The molecule has 0 bridgehead atoms. The maximum absolute atomic E-state index is 10.1. The second-order valence-corrected chi connectivity index (χ2v) is 2.58. The smallest absolute Gasteiger partial charge is 0.320 e. The van der Waals surface area contributed by atoms with E-state index >= 15 is 0 Å². The highest BCUT2D eigenvalue weighted by atomic mass is 16.4. The summed E-state index contributed by atoms with van der Waals surface area (Å²) in [6.07, 6.45) is 0. The van der Waals surface area contributed by atoms with Gasteiger partial charge in [0.15, 0.2) is 0 Å². The molecular weight excluding hydrogens is 176 g/mol. The van der Waals surface area contributed by atoms with Gasteiger partial charge in [-0.2, -0.15) is 0 Å². The van der Waals surface area contributed by atoms with Gasteiger partial charge in [-0.3, -0.25) is 14.5 Å². The van der Waals surface area contributed by atoms with Crippen molar-refractivity contribution in [2.24, 2.45) is 5.73 Å². The minimum atomic E-state index is -0.968. The molecule has 13 heavy (non-hydrogen) atoms. The van der Waals surface area contributed by atoms with Crippen molar-refractivity contribution >= 4 is 11.9 Å². The normalized spacial score (nSPS) is 11.5. The molecule has 0 aromatic heterocycles. The lowest BCUT2D eigenvalue weighted by Gasteiger charge is -2.13. The molecular formula is C7H16N2O4. The molecule has 4 N–H and O–H groups in total. The summed E-state index contributed by atoms with van der Waals surface area (Å²) in [7, 11) is 3.47. The first-order chi connectivity index (χ1) is 5.82. The lowest BCUT2D eigenvalue weighted by Crippen LogP contribution is -2.32. The molecule has 6 heteroatoms. The zero-order valence-corrected chi connectivity index (χ0v) is 8.02. The predicted octanol–water partition coefficient (Wildman–Crippen LogP) is -0.949. The summed E-state index contributed by atoms with van der Waals surface area (Å²) in [5.41, 5.74) is 4.57. The van der Waals surface area contributed by atoms with Crippen LogP contribution in [-0.2, 0) is 9.59 Å². The maximum atomic E-state index is 10.1. The maximum Gasteiger partial charge on any atom is 0.320 e. The Morgan fingerprint density at radius 1 is 1.38 bits per heavy atom. The summed E-state index contributed by atoms with van der Waals surface area (Å²) in [6, 6.07) is -0.380. The molecule has 0 aromatic carbocycles. The van der Waals surface area contributed by atoms with Crippen LogP contribution in [0.5, 0.6) is 0 Å². The summed E-state index contributed by atoms with van der Waals surface area (Å²) in [6.45, 7) is 1.36. The predicted molar refractivity (Wildman–Crippen MR) is 47.5 cm³/mol. The lowest BCUT2D eigenvalue weighted by molar-refractivity contribution is -0.141. The standard InChI is InChI=1S/C5H11NO2.C2H5NO2/c1-4(5(7)8)6(2)3;3-1-2(4)5/h4H,1-3H3,(H,7,8);1,3H2,(H,4,5)/t4-;/m0./s1. The quantitative estimate of drug-likeness (QED) is 0.532. The molecule has 0 unspecified atom stereocenters. The molecule has 0 fully saturated rings. The molecule has 0 spiro atoms. The van der Waals surface area contributed by atoms with Crippen LogP contribution in [0.25, 0.3) is 0 Å². The van der Waals surface area contributed by atoms with Crippen molar-refractivity contribution in [1.29, 1.82) is 0 Å². The first-order valence-electron chi connectivity index (χ1n) is 3.64. The van der Waals surface area contributed by atoms with E-state index in [4.69, 9.17) is 10.2 Å². The van der Waals surface area contributed by atoms with E-state index < -0.39 is 11.9 Å². The minimum absolute atomic E-state index is 0.278. The Balaban J connectivity index is 0. The van der Waals surface area contributed by atoms with Crippen LogP contribution in [0, 0.1) is 0 Å². The van der Waals surface area contributed by atoms with Crippen molar-refractivity contribution in [3.05, 3.63) is 0 Å². The number of aliphatic carboxylic acids is 2. The Kier molecular flexibility index (Phi) is 8.31. The molecule has 0 aliphatic heterocycles. The van der Waals surface area contributed by atoms with Crippen LogP contribution in [0.3, 0.4) is 0 Å². The van der Waals surface area contributed by atoms with E-state index in [-0.39, 0.29) is 12.6 Å². The Hall–Kier alpha value is -1.14. The molecule has 0 aromatic rings. The molecule has 0 aliphatic rings. The van der Waals surface area contributed by atoms with Crippen molar-refractivity contribution in [3.63, 3.8) is 0 Å². The fraction of sp³-hybridized carbons (Fsp3) is 0.714. The van der Waals surface area contributed by atoms with E-state index in [0.717, 1.165) is 0 Å². The number of likely N-dealkylation sites (N-methyl/N-ethyl adjacent to an activating group) is 1. The van der Waals surface area contributed by atoms with E-state index in [1.165, 1.54) is 0 Å². The van der Waals surface area contributed by atoms with Gasteiger partial charge in [0.05, 0.1) is 6.54 Å². The third kappa shape index (κ3) is 10.9. The van der Waals surface area contributed by atoms with Crippen LogP contribution in [0.1, 0.15) is 6.92 Å². The summed E-state index contributed by atoms with van der Waals surface area (Å²) in [5, 5.41) is 15.9. The first kappa shape index (κ1) is 14.4. The highest BCUT2D eigenvalue weighted by Gasteiger charge is 2.11. The molecule has 0 saturated carbocycles. The number of hydrogen-bond donors (Lipinski definition) is 3. The Morgan fingerprint density at radius 2 is 1.69 bits per heavy atom. The van der Waals surface area contributed by atoms with Gasteiger partial charge in [-0.05, 0) is 21.0 Å². The van der Waals surface area contributed by atoms with Gasteiger partial charge in [0.1, 0.15) is 6.04 Å². The van der Waals surface area contributed by atoms with Crippen molar-refractivity contribution in [3.8, 4) is 0 Å². The molecule has 0 rings (SSSR count). The monoisotopic (exact) mass is 192 g/mol. The molecule has 1 atom stereocenters. The van der Waals surface area contributed by atoms with Crippen LogP contribution < -0.4 is 5.73 Å². The van der Waals surface area contributed by atoms with Crippen molar-refractivity contribution in [2.75, 3.05) is 20.6 Å². The number of nitrogens with two attached hydrogens (primary N) is 1. The van der Waals surface area contributed by atoms with Crippen molar-refractivity contribution in [2.45, 2.75) is 13.0 Å². The summed E-state index contributed by atoms with van der Waals surface area (Å²) in [5.74, 6) is -1.75. The number of carbonyl (C=O) groups is 2. The highest BCUT2D eigenvalue weighted by Crippen LogP contribution is 1.88. The van der Waals surface area contributed by atoms with E-state index in [1.807, 2.05) is 0 Å². The Morgan fingerprint density at radius 3 is 1.69 bits per heavy atom. The van der Waals surface area contributed by atoms with E-state index in [1.54, 1.807) is 25.9 Å². The lowest BCUT2D eigenvalue weighted by atomic mass is 10.3. The largest absolute Gasteiger partial charge is 0.480 e. The summed E-state index contributed by atoms with van der Waals surface area (Å²) in [4.78, 5) is 21.0. The molecule has 0 heterocycles. The third-order valence-corrected chi connectivity index (χ3v) is 1.31. The second kappa shape index (κ2) is 7.51. The Labute approximate surface area is 76.9 Å². The minimum Gasteiger partial charge on any atom is -0.480 e. The molecule has 0 aliphatic carbocycles. The van der Waals surface area contributed by atoms with Gasteiger partial charge in [0.25, 0.3) is 0 Å². The third-order valence-electron chi connectivity index (χ3n) is 1.31. The van der Waals surface area contributed by atoms with Gasteiger partial charge in [-0.25, -0.2) is 0 Å². The van der Waals surface area contributed by atoms with Crippen LogP contribution in [0.15, 0.2) is 0 Å². The number of hydrogen-bond acceptors (Lipinski definition) is 4. The molecule has 6 nitrogen and oxygen atoms in total.